The number of primary amides is 1. The lowest BCUT2D eigenvalue weighted by Crippen LogP contribution is -2.14. The number of hydrogen-bond donors (Lipinski definition) is 1. The summed E-state index contributed by atoms with van der Waals surface area (Å²) in [5, 5.41) is 0. The molecule has 1 amide bonds. The third-order valence-electron chi connectivity index (χ3n) is 0.499. The normalized spacial score (nSPS) is 8.56. The molecule has 0 saturated heterocycles. The Labute approximate surface area is 62.9 Å². The van der Waals surface area contributed by atoms with Gasteiger partial charge in [0.2, 0.25) is 10.3 Å². The van der Waals surface area contributed by atoms with Crippen LogP contribution in [0.25, 0.3) is 0 Å². The summed E-state index contributed by atoms with van der Waals surface area (Å²) in [5.74, 6) is -0.202. The van der Waals surface area contributed by atoms with Crippen LogP contribution in [0, 0.1) is 0 Å². The number of nitrogens with two attached hydrogens (primary N) is 1. The number of ether oxygens (including phenoxy) is 1. The molecule has 0 bridgehead atoms. The molecule has 0 saturated carbocycles. The van der Waals surface area contributed by atoms with E-state index in [0.717, 1.165) is 11.8 Å². The lowest BCUT2D eigenvalue weighted by molar-refractivity contribution is -0.115. The summed E-state index contributed by atoms with van der Waals surface area (Å²) >= 11 is 5.73. The average Bonchev–Trinajstić information content (AvgIpc) is 1.83. The van der Waals surface area contributed by atoms with Gasteiger partial charge in [-0.3, -0.25) is 4.79 Å². The molecule has 0 heterocycles. The summed E-state index contributed by atoms with van der Waals surface area (Å²) in [5.41, 5.74) is 4.82. The standard InChI is InChI=1S/C4H7NO2S2/c1-7-4(8)9-2-3(5)6/h2H2,1H3,(H2,5,6). The fourth-order valence-corrected chi connectivity index (χ4v) is 0.744. The summed E-state index contributed by atoms with van der Waals surface area (Å²) < 4.78 is 4.93. The fourth-order valence-electron chi connectivity index (χ4n) is 0.189. The van der Waals surface area contributed by atoms with Gasteiger partial charge < -0.3 is 10.5 Å². The van der Waals surface area contributed by atoms with E-state index in [-0.39, 0.29) is 11.7 Å². The highest BCUT2D eigenvalue weighted by molar-refractivity contribution is 8.23. The second-order valence-corrected chi connectivity index (χ2v) is 2.79. The van der Waals surface area contributed by atoms with E-state index in [1.807, 2.05) is 0 Å². The maximum Gasteiger partial charge on any atom is 0.227 e. The van der Waals surface area contributed by atoms with Gasteiger partial charge in [0.05, 0.1) is 12.9 Å². The number of methoxy groups -OCH3 is 1. The minimum Gasteiger partial charge on any atom is -0.482 e. The lowest BCUT2D eigenvalue weighted by Gasteiger charge is -1.96. The van der Waals surface area contributed by atoms with Crippen LogP contribution in [0.4, 0.5) is 0 Å². The smallest absolute Gasteiger partial charge is 0.227 e. The van der Waals surface area contributed by atoms with Gasteiger partial charge in [-0.2, -0.15) is 0 Å². The molecule has 0 aromatic rings. The fraction of sp³-hybridized carbons (Fsp3) is 0.500. The van der Waals surface area contributed by atoms with Gasteiger partial charge in [0, 0.05) is 0 Å². The number of rotatable bonds is 2. The molecule has 0 atom stereocenters. The average molecular weight is 165 g/mol. The largest absolute Gasteiger partial charge is 0.482 e. The molecule has 0 radical (unpaired) electrons. The third kappa shape index (κ3) is 5.58. The molecule has 0 aliphatic heterocycles. The quantitative estimate of drug-likeness (QED) is 0.591. The Hall–Kier alpha value is -0.290. The molecule has 5 heteroatoms. The Bertz CT molecular complexity index is 126. The molecule has 0 spiro atoms. The Balaban J connectivity index is 3.28. The maximum atomic E-state index is 10.1. The van der Waals surface area contributed by atoms with Crippen LogP contribution in [0.1, 0.15) is 0 Å². The second-order valence-electron chi connectivity index (χ2n) is 1.21. The van der Waals surface area contributed by atoms with E-state index in [1.165, 1.54) is 7.11 Å². The van der Waals surface area contributed by atoms with Crippen molar-refractivity contribution in [2.24, 2.45) is 5.73 Å². The molecule has 3 nitrogen and oxygen atoms in total. The molecule has 0 aliphatic carbocycles. The first-order valence-corrected chi connectivity index (χ1v) is 3.55. The van der Waals surface area contributed by atoms with Crippen LogP contribution in [0.3, 0.4) is 0 Å². The number of amides is 1. The molecule has 0 aromatic carbocycles. The lowest BCUT2D eigenvalue weighted by atomic mass is 10.8. The van der Waals surface area contributed by atoms with Crippen LogP contribution in [0.5, 0.6) is 0 Å². The zero-order chi connectivity index (χ0) is 7.28. The van der Waals surface area contributed by atoms with Crippen molar-refractivity contribution >= 4 is 34.3 Å². The highest BCUT2D eigenvalue weighted by Gasteiger charge is 1.98. The monoisotopic (exact) mass is 165 g/mol. The molecule has 0 unspecified atom stereocenters. The van der Waals surface area contributed by atoms with E-state index in [9.17, 15) is 4.79 Å². The van der Waals surface area contributed by atoms with E-state index >= 15 is 0 Å². The zero-order valence-corrected chi connectivity index (χ0v) is 6.55. The van der Waals surface area contributed by atoms with E-state index in [0.29, 0.717) is 4.38 Å². The zero-order valence-electron chi connectivity index (χ0n) is 4.92. The molecule has 2 N–H and O–H groups in total. The first-order chi connectivity index (χ1) is 4.16. The Morgan fingerprint density at radius 3 is 2.78 bits per heavy atom. The molecule has 0 rings (SSSR count). The highest BCUT2D eigenvalue weighted by Crippen LogP contribution is 2.02. The van der Waals surface area contributed by atoms with Crippen molar-refractivity contribution in [2.45, 2.75) is 0 Å². The van der Waals surface area contributed by atoms with Crippen molar-refractivity contribution in [3.05, 3.63) is 0 Å². The number of hydrogen-bond acceptors (Lipinski definition) is 4. The Morgan fingerprint density at radius 2 is 2.44 bits per heavy atom. The Kier molecular flexibility index (Phi) is 4.43. The molecule has 0 aromatic heterocycles. The summed E-state index contributed by atoms with van der Waals surface area (Å²) in [6, 6.07) is 0. The van der Waals surface area contributed by atoms with E-state index < -0.39 is 0 Å². The van der Waals surface area contributed by atoms with Gasteiger partial charge in [0.1, 0.15) is 0 Å². The number of thiocarbonyl (C=S) groups is 1. The van der Waals surface area contributed by atoms with Crippen molar-refractivity contribution in [3.63, 3.8) is 0 Å². The number of carbonyl (C=O) groups excluding carboxylic acids is 1. The predicted octanol–water partition coefficient (Wildman–Crippen LogP) is 0.136. The summed E-state index contributed by atoms with van der Waals surface area (Å²) in [6.45, 7) is 0. The number of carbonyl (C=O) groups is 1. The topological polar surface area (TPSA) is 52.3 Å². The molecule has 0 fully saturated rings. The van der Waals surface area contributed by atoms with Crippen LogP contribution in [-0.4, -0.2) is 23.2 Å². The van der Waals surface area contributed by atoms with Gasteiger partial charge in [0.15, 0.2) is 0 Å². The molecular formula is C4H7NO2S2. The highest BCUT2D eigenvalue weighted by atomic mass is 32.2. The molecule has 9 heavy (non-hydrogen) atoms. The van der Waals surface area contributed by atoms with Gasteiger partial charge in [-0.1, -0.05) is 11.8 Å². The first-order valence-electron chi connectivity index (χ1n) is 2.16. The van der Waals surface area contributed by atoms with E-state index in [2.05, 4.69) is 17.0 Å². The SMILES string of the molecule is COC(=S)SCC(N)=O. The second kappa shape index (κ2) is 4.58. The van der Waals surface area contributed by atoms with E-state index in [4.69, 9.17) is 5.73 Å². The van der Waals surface area contributed by atoms with Gasteiger partial charge in [0.25, 0.3) is 0 Å². The third-order valence-corrected chi connectivity index (χ3v) is 1.85. The summed E-state index contributed by atoms with van der Waals surface area (Å²) in [6.07, 6.45) is 0. The van der Waals surface area contributed by atoms with Crippen molar-refractivity contribution < 1.29 is 9.53 Å². The predicted molar refractivity (Wildman–Crippen MR) is 41.3 cm³/mol. The van der Waals surface area contributed by atoms with Crippen molar-refractivity contribution in [1.29, 1.82) is 0 Å². The van der Waals surface area contributed by atoms with Crippen LogP contribution < -0.4 is 5.73 Å². The summed E-state index contributed by atoms with van der Waals surface area (Å²) in [4.78, 5) is 10.1. The van der Waals surface area contributed by atoms with Crippen molar-refractivity contribution in [2.75, 3.05) is 12.9 Å². The van der Waals surface area contributed by atoms with Crippen molar-refractivity contribution in [3.8, 4) is 0 Å². The van der Waals surface area contributed by atoms with Crippen LogP contribution in [-0.2, 0) is 9.53 Å². The minimum atomic E-state index is -0.389. The van der Waals surface area contributed by atoms with Crippen molar-refractivity contribution in [1.82, 2.24) is 0 Å². The van der Waals surface area contributed by atoms with Crippen LogP contribution in [0.2, 0.25) is 0 Å². The number of thioether (sulfide) groups is 1. The summed E-state index contributed by atoms with van der Waals surface area (Å²) in [7, 11) is 1.45. The van der Waals surface area contributed by atoms with Gasteiger partial charge in [-0.25, -0.2) is 0 Å². The first kappa shape index (κ1) is 8.71. The van der Waals surface area contributed by atoms with Crippen LogP contribution >= 0.6 is 24.0 Å². The maximum absolute atomic E-state index is 10.1. The van der Waals surface area contributed by atoms with E-state index in [1.54, 1.807) is 0 Å². The molecule has 0 aliphatic rings. The molecular weight excluding hydrogens is 158 g/mol. The van der Waals surface area contributed by atoms with Gasteiger partial charge >= 0.3 is 0 Å². The Morgan fingerprint density at radius 1 is 1.89 bits per heavy atom. The van der Waals surface area contributed by atoms with Crippen LogP contribution in [0.15, 0.2) is 0 Å². The van der Waals surface area contributed by atoms with Gasteiger partial charge in [-0.05, 0) is 12.2 Å². The minimum absolute atomic E-state index is 0.187. The van der Waals surface area contributed by atoms with Gasteiger partial charge in [-0.15, -0.1) is 0 Å². The molecule has 52 valence electrons.